The van der Waals surface area contributed by atoms with E-state index in [2.05, 4.69) is 5.32 Å². The first-order valence-electron chi connectivity index (χ1n) is 9.26. The van der Waals surface area contributed by atoms with Crippen molar-refractivity contribution < 1.29 is 33.3 Å². The van der Waals surface area contributed by atoms with Gasteiger partial charge in [-0.1, -0.05) is 6.07 Å². The quantitative estimate of drug-likeness (QED) is 0.525. The Hall–Kier alpha value is -3.68. The summed E-state index contributed by atoms with van der Waals surface area (Å²) in [7, 11) is 3.11. The zero-order chi connectivity index (χ0) is 21.5. The third-order valence-electron chi connectivity index (χ3n) is 4.43. The second kappa shape index (κ2) is 9.69. The van der Waals surface area contributed by atoms with E-state index in [0.29, 0.717) is 23.0 Å². The molecule has 8 nitrogen and oxygen atoms in total. The first kappa shape index (κ1) is 21.0. The maximum atomic E-state index is 12.2. The van der Waals surface area contributed by atoms with Crippen LogP contribution in [0.15, 0.2) is 42.5 Å². The Kier molecular flexibility index (Phi) is 6.79. The number of benzene rings is 2. The summed E-state index contributed by atoms with van der Waals surface area (Å²) in [5.74, 6) is 1.48. The van der Waals surface area contributed by atoms with Crippen molar-refractivity contribution in [1.29, 1.82) is 0 Å². The number of methoxy groups -OCH3 is 2. The summed E-state index contributed by atoms with van der Waals surface area (Å²) in [6.07, 6.45) is 2.82. The van der Waals surface area contributed by atoms with Crippen molar-refractivity contribution in [2.45, 2.75) is 13.0 Å². The zero-order valence-electron chi connectivity index (χ0n) is 17.0. The summed E-state index contributed by atoms with van der Waals surface area (Å²) in [5.41, 5.74) is 1.50. The second-order valence-electron chi connectivity index (χ2n) is 6.45. The Morgan fingerprint density at radius 3 is 2.67 bits per heavy atom. The number of rotatable bonds is 8. The summed E-state index contributed by atoms with van der Waals surface area (Å²) in [5, 5.41) is 2.77. The normalized spacial score (nSPS) is 13.0. The van der Waals surface area contributed by atoms with Gasteiger partial charge in [0.25, 0.3) is 5.91 Å². The van der Waals surface area contributed by atoms with E-state index in [0.717, 1.165) is 11.1 Å². The minimum Gasteiger partial charge on any atom is -0.497 e. The van der Waals surface area contributed by atoms with E-state index >= 15 is 0 Å². The van der Waals surface area contributed by atoms with Crippen LogP contribution in [0, 0.1) is 0 Å². The second-order valence-corrected chi connectivity index (χ2v) is 6.45. The van der Waals surface area contributed by atoms with Gasteiger partial charge in [-0.25, -0.2) is 4.79 Å². The van der Waals surface area contributed by atoms with Crippen LogP contribution >= 0.6 is 0 Å². The Balaban J connectivity index is 1.51. The Morgan fingerprint density at radius 1 is 1.10 bits per heavy atom. The number of nitrogens with one attached hydrogen (secondary N) is 1. The molecule has 158 valence electrons. The van der Waals surface area contributed by atoms with E-state index in [1.165, 1.54) is 6.08 Å². The predicted octanol–water partition coefficient (Wildman–Crippen LogP) is 2.87. The first-order valence-corrected chi connectivity index (χ1v) is 9.26. The first-order chi connectivity index (χ1) is 14.5. The molecule has 8 heteroatoms. The maximum absolute atomic E-state index is 12.2. The van der Waals surface area contributed by atoms with Crippen LogP contribution in [0.3, 0.4) is 0 Å². The highest BCUT2D eigenvalue weighted by Gasteiger charge is 2.16. The van der Waals surface area contributed by atoms with E-state index in [-0.39, 0.29) is 12.8 Å². The van der Waals surface area contributed by atoms with E-state index < -0.39 is 18.5 Å². The van der Waals surface area contributed by atoms with Crippen LogP contribution < -0.4 is 24.3 Å². The van der Waals surface area contributed by atoms with Crippen molar-refractivity contribution >= 4 is 18.0 Å². The fourth-order valence-electron chi connectivity index (χ4n) is 2.90. The monoisotopic (exact) mass is 413 g/mol. The summed E-state index contributed by atoms with van der Waals surface area (Å²) >= 11 is 0. The SMILES string of the molecule is COc1ccc(OC)c([C@H](C)NC(=O)COC(=O)/C=C/c2ccc3c(c2)OCO3)c1. The molecule has 0 aliphatic carbocycles. The lowest BCUT2D eigenvalue weighted by atomic mass is 10.1. The lowest BCUT2D eigenvalue weighted by molar-refractivity contribution is -0.144. The number of hydrogen-bond donors (Lipinski definition) is 1. The van der Waals surface area contributed by atoms with Crippen molar-refractivity contribution in [2.24, 2.45) is 0 Å². The smallest absolute Gasteiger partial charge is 0.331 e. The molecule has 0 saturated carbocycles. The summed E-state index contributed by atoms with van der Waals surface area (Å²) in [6, 6.07) is 10.2. The van der Waals surface area contributed by atoms with Crippen molar-refractivity contribution in [3.05, 3.63) is 53.6 Å². The van der Waals surface area contributed by atoms with Gasteiger partial charge >= 0.3 is 5.97 Å². The number of carbonyl (C=O) groups is 2. The highest BCUT2D eigenvalue weighted by Crippen LogP contribution is 2.33. The molecule has 0 aromatic heterocycles. The molecular formula is C22H23NO7. The molecule has 0 spiro atoms. The lowest BCUT2D eigenvalue weighted by Crippen LogP contribution is -2.31. The summed E-state index contributed by atoms with van der Waals surface area (Å²) in [4.78, 5) is 24.1. The molecule has 1 aliphatic heterocycles. The van der Waals surface area contributed by atoms with Crippen LogP contribution in [0.25, 0.3) is 6.08 Å². The molecule has 30 heavy (non-hydrogen) atoms. The van der Waals surface area contributed by atoms with Gasteiger partial charge in [0, 0.05) is 11.6 Å². The number of fused-ring (bicyclic) bond motifs is 1. The Morgan fingerprint density at radius 2 is 1.90 bits per heavy atom. The van der Waals surface area contributed by atoms with Crippen LogP contribution in [-0.4, -0.2) is 39.5 Å². The van der Waals surface area contributed by atoms with Crippen LogP contribution in [0.4, 0.5) is 0 Å². The molecule has 0 unspecified atom stereocenters. The van der Waals surface area contributed by atoms with Crippen LogP contribution in [-0.2, 0) is 14.3 Å². The number of carbonyl (C=O) groups excluding carboxylic acids is 2. The van der Waals surface area contributed by atoms with E-state index in [9.17, 15) is 9.59 Å². The Bertz CT molecular complexity index is 954. The Labute approximate surface area is 174 Å². The molecular weight excluding hydrogens is 390 g/mol. The van der Waals surface area contributed by atoms with Gasteiger partial charge < -0.3 is 29.0 Å². The van der Waals surface area contributed by atoms with Crippen molar-refractivity contribution in [2.75, 3.05) is 27.6 Å². The van der Waals surface area contributed by atoms with Gasteiger partial charge in [0.15, 0.2) is 18.1 Å². The third-order valence-corrected chi connectivity index (χ3v) is 4.43. The van der Waals surface area contributed by atoms with Crippen LogP contribution in [0.5, 0.6) is 23.0 Å². The number of ether oxygens (including phenoxy) is 5. The third kappa shape index (κ3) is 5.22. The molecule has 2 aromatic rings. The minimum atomic E-state index is -0.630. The molecule has 1 atom stereocenters. The molecule has 0 fully saturated rings. The number of esters is 1. The van der Waals surface area contributed by atoms with Gasteiger partial charge in [-0.05, 0) is 48.9 Å². The minimum absolute atomic E-state index is 0.180. The standard InChI is InChI=1S/C22H23NO7/c1-14(17-11-16(26-2)6-8-18(17)27-3)23-21(24)12-28-22(25)9-5-15-4-7-19-20(10-15)30-13-29-19/h4-11,14H,12-13H2,1-3H3,(H,23,24)/b9-5+/t14-/m0/s1. The van der Waals surface area contributed by atoms with Gasteiger partial charge in [0.05, 0.1) is 20.3 Å². The molecule has 1 heterocycles. The molecule has 1 amide bonds. The molecule has 1 aliphatic rings. The van der Waals surface area contributed by atoms with Crippen molar-refractivity contribution in [3.63, 3.8) is 0 Å². The summed E-state index contributed by atoms with van der Waals surface area (Å²) in [6.45, 7) is 1.58. The molecule has 0 saturated heterocycles. The average Bonchev–Trinajstić information content (AvgIpc) is 3.23. The molecule has 0 radical (unpaired) electrons. The van der Waals surface area contributed by atoms with E-state index in [1.54, 1.807) is 63.6 Å². The molecule has 3 rings (SSSR count). The fraction of sp³-hybridized carbons (Fsp3) is 0.273. The summed E-state index contributed by atoms with van der Waals surface area (Å²) < 4.78 is 26.1. The lowest BCUT2D eigenvalue weighted by Gasteiger charge is -2.18. The van der Waals surface area contributed by atoms with Gasteiger partial charge in [-0.15, -0.1) is 0 Å². The van der Waals surface area contributed by atoms with Gasteiger partial charge in [0.1, 0.15) is 11.5 Å². The fourth-order valence-corrected chi connectivity index (χ4v) is 2.90. The highest BCUT2D eigenvalue weighted by atomic mass is 16.7. The van der Waals surface area contributed by atoms with Gasteiger partial charge in [-0.3, -0.25) is 4.79 Å². The maximum Gasteiger partial charge on any atom is 0.331 e. The largest absolute Gasteiger partial charge is 0.497 e. The average molecular weight is 413 g/mol. The topological polar surface area (TPSA) is 92.3 Å². The van der Waals surface area contributed by atoms with Crippen LogP contribution in [0.1, 0.15) is 24.1 Å². The highest BCUT2D eigenvalue weighted by molar-refractivity contribution is 5.89. The van der Waals surface area contributed by atoms with E-state index in [4.69, 9.17) is 23.7 Å². The molecule has 0 bridgehead atoms. The van der Waals surface area contributed by atoms with Crippen molar-refractivity contribution in [3.8, 4) is 23.0 Å². The van der Waals surface area contributed by atoms with Gasteiger partial charge in [0.2, 0.25) is 6.79 Å². The zero-order valence-corrected chi connectivity index (χ0v) is 17.0. The number of hydrogen-bond acceptors (Lipinski definition) is 7. The van der Waals surface area contributed by atoms with Crippen LogP contribution in [0.2, 0.25) is 0 Å². The van der Waals surface area contributed by atoms with Gasteiger partial charge in [-0.2, -0.15) is 0 Å². The molecule has 1 N–H and O–H groups in total. The van der Waals surface area contributed by atoms with Crippen molar-refractivity contribution in [1.82, 2.24) is 5.32 Å². The molecule has 2 aromatic carbocycles. The van der Waals surface area contributed by atoms with E-state index in [1.807, 2.05) is 0 Å². The number of amides is 1. The predicted molar refractivity (Wildman–Crippen MR) is 109 cm³/mol.